The normalized spacial score (nSPS) is 23.6. The first kappa shape index (κ1) is 16.8. The molecule has 3 nitrogen and oxygen atoms in total. The Bertz CT molecular complexity index is 352. The average molecular weight is 278 g/mol. The van der Waals surface area contributed by atoms with Crippen molar-refractivity contribution in [2.75, 3.05) is 34.8 Å². The first-order valence-electron chi connectivity index (χ1n) is 7.42. The summed E-state index contributed by atoms with van der Waals surface area (Å²) >= 11 is 0. The molecule has 1 saturated carbocycles. The highest BCUT2D eigenvalue weighted by atomic mass is 16.5. The minimum Gasteiger partial charge on any atom is -0.497 e. The number of hydrogen-bond acceptors (Lipinski definition) is 3. The monoisotopic (exact) mass is 278 g/mol. The Hall–Kier alpha value is -1.22. The van der Waals surface area contributed by atoms with Crippen LogP contribution in [-0.2, 0) is 4.74 Å². The van der Waals surface area contributed by atoms with Crippen LogP contribution in [0.4, 0.5) is 0 Å². The minimum absolute atomic E-state index is 0.670. The molecule has 0 bridgehead atoms. The van der Waals surface area contributed by atoms with E-state index in [2.05, 4.69) is 44.1 Å². The van der Waals surface area contributed by atoms with Crippen molar-refractivity contribution in [1.29, 1.82) is 0 Å². The second-order valence-electron chi connectivity index (χ2n) is 5.96. The Balaban J connectivity index is 2.50. The highest BCUT2D eigenvalue weighted by molar-refractivity contribution is 5.23. The van der Waals surface area contributed by atoms with Gasteiger partial charge < -0.3 is 14.5 Å². The minimum atomic E-state index is 0.670. The molecule has 0 heterocycles. The van der Waals surface area contributed by atoms with Gasteiger partial charge in [-0.25, -0.2) is 0 Å². The smallest absolute Gasteiger partial charge is 0.113 e. The van der Waals surface area contributed by atoms with Gasteiger partial charge in [-0.05, 0) is 51.8 Å². The summed E-state index contributed by atoms with van der Waals surface area (Å²) in [6, 6.07) is 0.763. The molecular weight excluding hydrogens is 248 g/mol. The van der Waals surface area contributed by atoms with E-state index in [1.54, 1.807) is 7.11 Å². The lowest BCUT2D eigenvalue weighted by Gasteiger charge is -2.35. The quantitative estimate of drug-likeness (QED) is 0.525. The molecule has 1 aliphatic rings. The van der Waals surface area contributed by atoms with Crippen molar-refractivity contribution in [2.24, 2.45) is 5.92 Å². The molecule has 20 heavy (non-hydrogen) atoms. The van der Waals surface area contributed by atoms with E-state index in [-0.39, 0.29) is 0 Å². The standard InChI is InChI=1S/C17H30N2O/c1-7-16(12-14(2)20-6)19(5)13-15-8-10-17(11-9-15)18(3)4/h7,12,15,17H,1-2,8-11,13H2,3-6H3. The number of ether oxygens (including phenoxy) is 1. The van der Waals surface area contributed by atoms with Crippen LogP contribution in [-0.4, -0.2) is 50.6 Å². The molecule has 3 heteroatoms. The molecule has 0 aromatic carbocycles. The van der Waals surface area contributed by atoms with Crippen molar-refractivity contribution in [1.82, 2.24) is 9.80 Å². The SMILES string of the molecule is C=CC(=CC(=C)OC)N(C)CC1CCC(N(C)C)CC1. The predicted molar refractivity (Wildman–Crippen MR) is 86.5 cm³/mol. The molecule has 0 aromatic heterocycles. The van der Waals surface area contributed by atoms with Crippen molar-refractivity contribution in [3.8, 4) is 0 Å². The van der Waals surface area contributed by atoms with Gasteiger partial charge in [0.05, 0.1) is 7.11 Å². The third-order valence-electron chi connectivity index (χ3n) is 4.30. The van der Waals surface area contributed by atoms with Crippen LogP contribution in [0.2, 0.25) is 0 Å². The maximum absolute atomic E-state index is 5.11. The molecule has 0 aliphatic heterocycles. The highest BCUT2D eigenvalue weighted by Crippen LogP contribution is 2.27. The number of rotatable bonds is 7. The van der Waals surface area contributed by atoms with Crippen LogP contribution in [0.1, 0.15) is 25.7 Å². The maximum atomic E-state index is 5.11. The van der Waals surface area contributed by atoms with Gasteiger partial charge in [-0.15, -0.1) is 0 Å². The number of allylic oxidation sites excluding steroid dienone is 2. The van der Waals surface area contributed by atoms with Crippen LogP contribution in [0.25, 0.3) is 0 Å². The average Bonchev–Trinajstić information content (AvgIpc) is 2.44. The summed E-state index contributed by atoms with van der Waals surface area (Å²) in [5.41, 5.74) is 1.08. The van der Waals surface area contributed by atoms with Crippen molar-refractivity contribution in [2.45, 2.75) is 31.7 Å². The Morgan fingerprint density at radius 1 is 1.20 bits per heavy atom. The largest absolute Gasteiger partial charge is 0.497 e. The fourth-order valence-electron chi connectivity index (χ4n) is 2.89. The summed E-state index contributed by atoms with van der Waals surface area (Å²) in [6.45, 7) is 8.80. The molecule has 0 N–H and O–H groups in total. The summed E-state index contributed by atoms with van der Waals surface area (Å²) in [7, 11) is 8.13. The second-order valence-corrected chi connectivity index (χ2v) is 5.96. The zero-order valence-corrected chi connectivity index (χ0v) is 13.6. The van der Waals surface area contributed by atoms with E-state index in [1.165, 1.54) is 25.7 Å². The zero-order chi connectivity index (χ0) is 15.1. The number of methoxy groups -OCH3 is 1. The van der Waals surface area contributed by atoms with Crippen molar-refractivity contribution in [3.05, 3.63) is 36.8 Å². The first-order chi connectivity index (χ1) is 9.47. The van der Waals surface area contributed by atoms with Gasteiger partial charge in [-0.3, -0.25) is 0 Å². The van der Waals surface area contributed by atoms with Gasteiger partial charge in [0, 0.05) is 31.4 Å². The second kappa shape index (κ2) is 8.15. The van der Waals surface area contributed by atoms with Gasteiger partial charge in [0.15, 0.2) is 0 Å². The molecule has 0 radical (unpaired) electrons. The molecule has 0 saturated heterocycles. The third kappa shape index (κ3) is 5.04. The van der Waals surface area contributed by atoms with Crippen LogP contribution in [0.15, 0.2) is 36.8 Å². The molecule has 0 unspecified atom stereocenters. The summed E-state index contributed by atoms with van der Waals surface area (Å²) in [6.07, 6.45) is 9.05. The molecule has 114 valence electrons. The number of likely N-dealkylation sites (N-methyl/N-ethyl adjacent to an activating group) is 1. The Morgan fingerprint density at radius 3 is 2.25 bits per heavy atom. The Labute approximate surface area is 124 Å². The lowest BCUT2D eigenvalue weighted by molar-refractivity contribution is 0.175. The highest BCUT2D eigenvalue weighted by Gasteiger charge is 2.23. The molecule has 0 atom stereocenters. The van der Waals surface area contributed by atoms with E-state index < -0.39 is 0 Å². The van der Waals surface area contributed by atoms with Crippen LogP contribution in [0.5, 0.6) is 0 Å². The molecule has 0 amide bonds. The summed E-state index contributed by atoms with van der Waals surface area (Å²) < 4.78 is 5.11. The topological polar surface area (TPSA) is 15.7 Å². The third-order valence-corrected chi connectivity index (χ3v) is 4.30. The molecular formula is C17H30N2O. The maximum Gasteiger partial charge on any atom is 0.113 e. The van der Waals surface area contributed by atoms with Crippen molar-refractivity contribution >= 4 is 0 Å². The Kier molecular flexibility index (Phi) is 6.86. The van der Waals surface area contributed by atoms with E-state index in [9.17, 15) is 0 Å². The fourth-order valence-corrected chi connectivity index (χ4v) is 2.89. The van der Waals surface area contributed by atoms with Crippen molar-refractivity contribution in [3.63, 3.8) is 0 Å². The fraction of sp³-hybridized carbons (Fsp3) is 0.647. The first-order valence-corrected chi connectivity index (χ1v) is 7.42. The van der Waals surface area contributed by atoms with Gasteiger partial charge >= 0.3 is 0 Å². The zero-order valence-electron chi connectivity index (χ0n) is 13.6. The lowest BCUT2D eigenvalue weighted by Crippen LogP contribution is -2.35. The molecule has 1 aliphatic carbocycles. The van der Waals surface area contributed by atoms with E-state index in [1.807, 2.05) is 12.2 Å². The van der Waals surface area contributed by atoms with Gasteiger partial charge in [0.25, 0.3) is 0 Å². The van der Waals surface area contributed by atoms with E-state index in [0.29, 0.717) is 5.76 Å². The van der Waals surface area contributed by atoms with E-state index in [0.717, 1.165) is 24.2 Å². The molecule has 0 spiro atoms. The van der Waals surface area contributed by atoms with Crippen molar-refractivity contribution < 1.29 is 4.74 Å². The molecule has 0 aromatic rings. The van der Waals surface area contributed by atoms with Crippen LogP contribution in [0.3, 0.4) is 0 Å². The van der Waals surface area contributed by atoms with Gasteiger partial charge in [-0.2, -0.15) is 0 Å². The predicted octanol–water partition coefficient (Wildman–Crippen LogP) is 3.27. The van der Waals surface area contributed by atoms with Crippen LogP contribution < -0.4 is 0 Å². The summed E-state index contributed by atoms with van der Waals surface area (Å²) in [5, 5.41) is 0. The van der Waals surface area contributed by atoms with Crippen LogP contribution in [0, 0.1) is 5.92 Å². The van der Waals surface area contributed by atoms with Crippen LogP contribution >= 0.6 is 0 Å². The van der Waals surface area contributed by atoms with E-state index >= 15 is 0 Å². The Morgan fingerprint density at radius 2 is 1.80 bits per heavy atom. The van der Waals surface area contributed by atoms with Gasteiger partial charge in [0.1, 0.15) is 5.76 Å². The van der Waals surface area contributed by atoms with Gasteiger partial charge in [-0.1, -0.05) is 13.2 Å². The lowest BCUT2D eigenvalue weighted by atomic mass is 9.85. The number of hydrogen-bond donors (Lipinski definition) is 0. The summed E-state index contributed by atoms with van der Waals surface area (Å²) in [4.78, 5) is 4.62. The van der Waals surface area contributed by atoms with Gasteiger partial charge in [0.2, 0.25) is 0 Å². The molecule has 1 rings (SSSR count). The summed E-state index contributed by atoms with van der Waals surface area (Å²) in [5.74, 6) is 1.44. The molecule has 1 fully saturated rings. The van der Waals surface area contributed by atoms with E-state index in [4.69, 9.17) is 4.74 Å². The number of nitrogens with zero attached hydrogens (tertiary/aromatic N) is 2.